The summed E-state index contributed by atoms with van der Waals surface area (Å²) in [5, 5.41) is 0.162. The smallest absolute Gasteiger partial charge is 0.260 e. The second-order valence-corrected chi connectivity index (χ2v) is 9.13. The predicted molar refractivity (Wildman–Crippen MR) is 108 cm³/mol. The summed E-state index contributed by atoms with van der Waals surface area (Å²) < 4.78 is 32.6. The minimum atomic E-state index is -3.83. The molecule has 1 aliphatic heterocycles. The SMILES string of the molecule is Cc1cccc(OCC(=O)N2CCN(S(=O)(=O)c3c(Cl)cccc3Cl)CC2)c1. The number of hydrogen-bond acceptors (Lipinski definition) is 4. The van der Waals surface area contributed by atoms with Gasteiger partial charge in [-0.1, -0.05) is 41.4 Å². The van der Waals surface area contributed by atoms with Crippen LogP contribution < -0.4 is 4.74 Å². The Labute approximate surface area is 174 Å². The predicted octanol–water partition coefficient (Wildman–Crippen LogP) is 3.21. The Morgan fingerprint density at radius 3 is 2.25 bits per heavy atom. The van der Waals surface area contributed by atoms with Crippen LogP contribution in [0.25, 0.3) is 0 Å². The lowest BCUT2D eigenvalue weighted by Gasteiger charge is -2.34. The molecule has 28 heavy (non-hydrogen) atoms. The number of carbonyl (C=O) groups excluding carboxylic acids is 1. The van der Waals surface area contributed by atoms with E-state index >= 15 is 0 Å². The molecule has 0 aliphatic carbocycles. The summed E-state index contributed by atoms with van der Waals surface area (Å²) in [7, 11) is -3.83. The van der Waals surface area contributed by atoms with Crippen LogP contribution in [0, 0.1) is 6.92 Å². The van der Waals surface area contributed by atoms with Crippen LogP contribution in [-0.2, 0) is 14.8 Å². The molecule has 0 aromatic heterocycles. The van der Waals surface area contributed by atoms with E-state index in [1.807, 2.05) is 25.1 Å². The fourth-order valence-corrected chi connectivity index (χ4v) is 5.49. The third kappa shape index (κ3) is 4.60. The summed E-state index contributed by atoms with van der Waals surface area (Å²) in [6.45, 7) is 2.74. The topological polar surface area (TPSA) is 66.9 Å². The van der Waals surface area contributed by atoms with Gasteiger partial charge in [0, 0.05) is 26.2 Å². The Hall–Kier alpha value is -1.80. The van der Waals surface area contributed by atoms with Crippen molar-refractivity contribution in [3.05, 3.63) is 58.1 Å². The lowest BCUT2D eigenvalue weighted by molar-refractivity contribution is -0.134. The van der Waals surface area contributed by atoms with Crippen molar-refractivity contribution in [1.29, 1.82) is 0 Å². The number of sulfonamides is 1. The number of hydrogen-bond donors (Lipinski definition) is 0. The minimum Gasteiger partial charge on any atom is -0.484 e. The largest absolute Gasteiger partial charge is 0.484 e. The molecule has 150 valence electrons. The second-order valence-electron chi connectivity index (χ2n) is 6.44. The Kier molecular flexibility index (Phi) is 6.50. The maximum absolute atomic E-state index is 12.9. The van der Waals surface area contributed by atoms with E-state index in [0.29, 0.717) is 5.75 Å². The summed E-state index contributed by atoms with van der Waals surface area (Å²) in [6, 6.07) is 12.0. The van der Waals surface area contributed by atoms with Crippen LogP contribution in [0.4, 0.5) is 0 Å². The maximum Gasteiger partial charge on any atom is 0.260 e. The van der Waals surface area contributed by atoms with Gasteiger partial charge >= 0.3 is 0 Å². The van der Waals surface area contributed by atoms with Crippen molar-refractivity contribution in [1.82, 2.24) is 9.21 Å². The minimum absolute atomic E-state index is 0.0811. The zero-order chi connectivity index (χ0) is 20.3. The molecular weight excluding hydrogens is 423 g/mol. The van der Waals surface area contributed by atoms with Gasteiger partial charge in [-0.2, -0.15) is 4.31 Å². The highest BCUT2D eigenvalue weighted by molar-refractivity contribution is 7.89. The van der Waals surface area contributed by atoms with Gasteiger partial charge in [-0.3, -0.25) is 4.79 Å². The molecule has 0 radical (unpaired) electrons. The third-order valence-electron chi connectivity index (χ3n) is 4.46. The number of amides is 1. The number of aryl methyl sites for hydroxylation is 1. The van der Waals surface area contributed by atoms with Gasteiger partial charge in [-0.15, -0.1) is 0 Å². The highest BCUT2D eigenvalue weighted by atomic mass is 35.5. The highest BCUT2D eigenvalue weighted by Gasteiger charge is 2.33. The molecular formula is C19H20Cl2N2O4S. The summed E-state index contributed by atoms with van der Waals surface area (Å²) in [5.74, 6) is 0.442. The second kappa shape index (κ2) is 8.69. The first-order valence-corrected chi connectivity index (χ1v) is 10.9. The number of ether oxygens (including phenoxy) is 1. The molecule has 1 aliphatic rings. The Morgan fingerprint density at radius 2 is 1.64 bits per heavy atom. The van der Waals surface area contributed by atoms with E-state index in [1.54, 1.807) is 17.0 Å². The molecule has 0 N–H and O–H groups in total. The van der Waals surface area contributed by atoms with E-state index in [4.69, 9.17) is 27.9 Å². The van der Waals surface area contributed by atoms with Crippen molar-refractivity contribution < 1.29 is 17.9 Å². The van der Waals surface area contributed by atoms with Crippen LogP contribution in [0.15, 0.2) is 47.4 Å². The summed E-state index contributed by atoms with van der Waals surface area (Å²) in [4.78, 5) is 13.9. The average molecular weight is 443 g/mol. The van der Waals surface area contributed by atoms with Gasteiger partial charge in [0.1, 0.15) is 10.6 Å². The molecule has 1 fully saturated rings. The van der Waals surface area contributed by atoms with Crippen LogP contribution in [0.5, 0.6) is 5.75 Å². The van der Waals surface area contributed by atoms with Gasteiger partial charge in [0.15, 0.2) is 6.61 Å². The van der Waals surface area contributed by atoms with Crippen molar-refractivity contribution in [2.45, 2.75) is 11.8 Å². The molecule has 9 heteroatoms. The number of rotatable bonds is 5. The first-order valence-electron chi connectivity index (χ1n) is 8.70. The Bertz CT molecular complexity index is 953. The van der Waals surface area contributed by atoms with Crippen LogP contribution in [0.3, 0.4) is 0 Å². The number of nitrogens with zero attached hydrogens (tertiary/aromatic N) is 2. The lowest BCUT2D eigenvalue weighted by Crippen LogP contribution is -2.51. The number of halogens is 2. The standard InChI is InChI=1S/C19H20Cl2N2O4S/c1-14-4-2-5-15(12-14)27-13-18(24)22-8-10-23(11-9-22)28(25,26)19-16(20)6-3-7-17(19)21/h2-7,12H,8-11,13H2,1H3. The molecule has 0 saturated carbocycles. The van der Waals surface area contributed by atoms with E-state index < -0.39 is 10.0 Å². The number of carbonyl (C=O) groups is 1. The van der Waals surface area contributed by atoms with Gasteiger partial charge in [0.25, 0.3) is 5.91 Å². The van der Waals surface area contributed by atoms with E-state index in [2.05, 4.69) is 0 Å². The van der Waals surface area contributed by atoms with Gasteiger partial charge < -0.3 is 9.64 Å². The Balaban J connectivity index is 1.60. The fourth-order valence-electron chi connectivity index (χ4n) is 2.98. The molecule has 1 amide bonds. The molecule has 6 nitrogen and oxygen atoms in total. The molecule has 2 aromatic carbocycles. The van der Waals surface area contributed by atoms with Gasteiger partial charge in [-0.25, -0.2) is 8.42 Å². The van der Waals surface area contributed by atoms with E-state index in [0.717, 1.165) is 5.56 Å². The van der Waals surface area contributed by atoms with Crippen molar-refractivity contribution >= 4 is 39.1 Å². The highest BCUT2D eigenvalue weighted by Crippen LogP contribution is 2.31. The number of benzene rings is 2. The zero-order valence-corrected chi connectivity index (χ0v) is 17.6. The lowest BCUT2D eigenvalue weighted by atomic mass is 10.2. The molecule has 1 saturated heterocycles. The van der Waals surface area contributed by atoms with Crippen molar-refractivity contribution in [2.24, 2.45) is 0 Å². The van der Waals surface area contributed by atoms with Gasteiger partial charge in [0.05, 0.1) is 10.0 Å². The average Bonchev–Trinajstić information content (AvgIpc) is 2.66. The van der Waals surface area contributed by atoms with Crippen LogP contribution in [0.2, 0.25) is 10.0 Å². The molecule has 2 aromatic rings. The summed E-state index contributed by atoms with van der Waals surface area (Å²) in [5.41, 5.74) is 1.04. The van der Waals surface area contributed by atoms with Crippen LogP contribution in [0.1, 0.15) is 5.56 Å². The normalized spacial score (nSPS) is 15.5. The van der Waals surface area contributed by atoms with E-state index in [-0.39, 0.29) is 53.6 Å². The number of piperazine rings is 1. The first-order chi connectivity index (χ1) is 13.3. The maximum atomic E-state index is 12.9. The van der Waals surface area contributed by atoms with E-state index in [1.165, 1.54) is 16.4 Å². The third-order valence-corrected chi connectivity index (χ3v) is 7.31. The van der Waals surface area contributed by atoms with Crippen LogP contribution in [-0.4, -0.2) is 56.3 Å². The fraction of sp³-hybridized carbons (Fsp3) is 0.316. The molecule has 0 spiro atoms. The molecule has 1 heterocycles. The summed E-state index contributed by atoms with van der Waals surface area (Å²) in [6.07, 6.45) is 0. The quantitative estimate of drug-likeness (QED) is 0.712. The monoisotopic (exact) mass is 442 g/mol. The van der Waals surface area contributed by atoms with Crippen LogP contribution >= 0.6 is 23.2 Å². The van der Waals surface area contributed by atoms with Crippen molar-refractivity contribution in [3.8, 4) is 5.75 Å². The zero-order valence-electron chi connectivity index (χ0n) is 15.3. The van der Waals surface area contributed by atoms with Gasteiger partial charge in [0.2, 0.25) is 10.0 Å². The molecule has 0 unspecified atom stereocenters. The summed E-state index contributed by atoms with van der Waals surface area (Å²) >= 11 is 12.1. The molecule has 0 bridgehead atoms. The first kappa shape index (κ1) is 20.9. The van der Waals surface area contributed by atoms with Crippen molar-refractivity contribution in [3.63, 3.8) is 0 Å². The van der Waals surface area contributed by atoms with E-state index in [9.17, 15) is 13.2 Å². The van der Waals surface area contributed by atoms with Crippen molar-refractivity contribution in [2.75, 3.05) is 32.8 Å². The van der Waals surface area contributed by atoms with Gasteiger partial charge in [-0.05, 0) is 36.8 Å². The molecule has 3 rings (SSSR count). The molecule has 0 atom stereocenters. The Morgan fingerprint density at radius 1 is 1.04 bits per heavy atom.